The topological polar surface area (TPSA) is 41.1 Å². The van der Waals surface area contributed by atoms with Gasteiger partial charge < -0.3 is 10.6 Å². The lowest BCUT2D eigenvalue weighted by atomic mass is 10.1. The number of urea groups is 1. The van der Waals surface area contributed by atoms with Gasteiger partial charge in [-0.05, 0) is 31.1 Å². The van der Waals surface area contributed by atoms with E-state index in [1.165, 1.54) is 12.8 Å². The molecule has 0 aliphatic heterocycles. The fourth-order valence-corrected chi connectivity index (χ4v) is 1.07. The molecule has 0 spiro atoms. The van der Waals surface area contributed by atoms with Crippen LogP contribution in [0.15, 0.2) is 12.3 Å². The van der Waals surface area contributed by atoms with Gasteiger partial charge in [0.05, 0.1) is 0 Å². The minimum atomic E-state index is -0.0949. The normalized spacial score (nSPS) is 16.2. The van der Waals surface area contributed by atoms with E-state index in [1.807, 2.05) is 0 Å². The summed E-state index contributed by atoms with van der Waals surface area (Å²) in [7, 11) is 0. The summed E-state index contributed by atoms with van der Waals surface area (Å²) in [4.78, 5) is 11.2. The van der Waals surface area contributed by atoms with Gasteiger partial charge in [-0.15, -0.1) is 0 Å². The maximum Gasteiger partial charge on any atom is 0.318 e. The van der Waals surface area contributed by atoms with E-state index in [-0.39, 0.29) is 6.03 Å². The van der Waals surface area contributed by atoms with E-state index in [2.05, 4.69) is 30.6 Å². The van der Waals surface area contributed by atoms with Gasteiger partial charge in [-0.25, -0.2) is 4.79 Å². The number of carbonyl (C=O) groups is 1. The Morgan fingerprint density at radius 1 is 1.50 bits per heavy atom. The third-order valence-electron chi connectivity index (χ3n) is 2.21. The molecule has 3 nitrogen and oxygen atoms in total. The first kappa shape index (κ1) is 11.1. The Morgan fingerprint density at radius 3 is 2.79 bits per heavy atom. The zero-order chi connectivity index (χ0) is 10.4. The summed E-state index contributed by atoms with van der Waals surface area (Å²) in [5.74, 6) is 1.35. The summed E-state index contributed by atoms with van der Waals surface area (Å²) >= 11 is 0. The van der Waals surface area contributed by atoms with Gasteiger partial charge in [0, 0.05) is 12.7 Å². The van der Waals surface area contributed by atoms with Crippen LogP contribution in [0.2, 0.25) is 0 Å². The van der Waals surface area contributed by atoms with Gasteiger partial charge in [0.2, 0.25) is 0 Å². The number of allylic oxidation sites excluding steroid dienone is 1. The third kappa shape index (κ3) is 5.62. The van der Waals surface area contributed by atoms with E-state index in [0.717, 1.165) is 13.0 Å². The molecule has 80 valence electrons. The van der Waals surface area contributed by atoms with E-state index in [0.29, 0.717) is 11.8 Å². The summed E-state index contributed by atoms with van der Waals surface area (Å²) in [6, 6.07) is -0.0949. The molecule has 0 atom stereocenters. The smallest absolute Gasteiger partial charge is 0.318 e. The number of nitrogens with one attached hydrogen (secondary N) is 2. The zero-order valence-corrected chi connectivity index (χ0v) is 9.05. The van der Waals surface area contributed by atoms with E-state index in [9.17, 15) is 4.79 Å². The average molecular weight is 196 g/mol. The highest BCUT2D eigenvalue weighted by Gasteiger charge is 2.16. The predicted octanol–water partition coefficient (Wildman–Crippen LogP) is 2.26. The number of carbonyl (C=O) groups excluding carboxylic acids is 1. The molecule has 0 radical (unpaired) electrons. The SMILES string of the molecule is CC(C)CCNC(=O)N/C=C/C1CC1. The molecule has 14 heavy (non-hydrogen) atoms. The molecule has 0 unspecified atom stereocenters. The van der Waals surface area contributed by atoms with Crippen LogP contribution in [-0.2, 0) is 0 Å². The molecule has 1 rings (SSSR count). The second-order valence-corrected chi connectivity index (χ2v) is 4.28. The lowest BCUT2D eigenvalue weighted by Crippen LogP contribution is -2.33. The highest BCUT2D eigenvalue weighted by atomic mass is 16.2. The molecule has 1 saturated carbocycles. The van der Waals surface area contributed by atoms with Crippen molar-refractivity contribution in [3.8, 4) is 0 Å². The van der Waals surface area contributed by atoms with Gasteiger partial charge in [-0.3, -0.25) is 0 Å². The van der Waals surface area contributed by atoms with Crippen LogP contribution in [-0.4, -0.2) is 12.6 Å². The molecule has 0 aromatic rings. The lowest BCUT2D eigenvalue weighted by molar-refractivity contribution is 0.243. The van der Waals surface area contributed by atoms with E-state index in [1.54, 1.807) is 6.20 Å². The second kappa shape index (κ2) is 5.68. The number of rotatable bonds is 5. The van der Waals surface area contributed by atoms with Crippen LogP contribution in [0.4, 0.5) is 4.79 Å². The molecular weight excluding hydrogens is 176 g/mol. The van der Waals surface area contributed by atoms with Gasteiger partial charge in [0.15, 0.2) is 0 Å². The van der Waals surface area contributed by atoms with Crippen LogP contribution in [0.1, 0.15) is 33.1 Å². The van der Waals surface area contributed by atoms with Gasteiger partial charge >= 0.3 is 6.03 Å². The van der Waals surface area contributed by atoms with Crippen molar-refractivity contribution < 1.29 is 4.79 Å². The molecule has 0 saturated heterocycles. The quantitative estimate of drug-likeness (QED) is 0.695. The minimum absolute atomic E-state index is 0.0949. The van der Waals surface area contributed by atoms with Gasteiger partial charge in [0.25, 0.3) is 0 Å². The number of amides is 2. The Hall–Kier alpha value is -0.990. The van der Waals surface area contributed by atoms with E-state index < -0.39 is 0 Å². The highest BCUT2D eigenvalue weighted by Crippen LogP contribution is 2.29. The first-order valence-corrected chi connectivity index (χ1v) is 5.39. The summed E-state index contributed by atoms with van der Waals surface area (Å²) < 4.78 is 0. The Morgan fingerprint density at radius 2 is 2.21 bits per heavy atom. The van der Waals surface area contributed by atoms with Gasteiger partial charge in [-0.2, -0.15) is 0 Å². The molecule has 0 aromatic carbocycles. The molecule has 1 aliphatic carbocycles. The third-order valence-corrected chi connectivity index (χ3v) is 2.21. The summed E-state index contributed by atoms with van der Waals surface area (Å²) in [6.07, 6.45) is 7.38. The van der Waals surface area contributed by atoms with Crippen LogP contribution in [0.5, 0.6) is 0 Å². The molecule has 2 amide bonds. The maximum absolute atomic E-state index is 11.2. The lowest BCUT2D eigenvalue weighted by Gasteiger charge is -2.06. The van der Waals surface area contributed by atoms with Gasteiger partial charge in [0.1, 0.15) is 0 Å². The van der Waals surface area contributed by atoms with Crippen molar-refractivity contribution in [3.05, 3.63) is 12.3 Å². The molecule has 2 N–H and O–H groups in total. The van der Waals surface area contributed by atoms with E-state index >= 15 is 0 Å². The molecule has 1 aliphatic rings. The van der Waals surface area contributed by atoms with Crippen molar-refractivity contribution in [2.75, 3.05) is 6.54 Å². The molecular formula is C11H20N2O. The Labute approximate surface area is 86.0 Å². The summed E-state index contributed by atoms with van der Waals surface area (Å²) in [6.45, 7) is 5.04. The largest absolute Gasteiger partial charge is 0.338 e. The van der Waals surface area contributed by atoms with Crippen LogP contribution in [0.25, 0.3) is 0 Å². The van der Waals surface area contributed by atoms with E-state index in [4.69, 9.17) is 0 Å². The van der Waals surface area contributed by atoms with Crippen LogP contribution >= 0.6 is 0 Å². The fraction of sp³-hybridized carbons (Fsp3) is 0.727. The first-order valence-electron chi connectivity index (χ1n) is 5.39. The summed E-state index contributed by atoms with van der Waals surface area (Å²) in [5.41, 5.74) is 0. The van der Waals surface area contributed by atoms with Crippen LogP contribution in [0, 0.1) is 11.8 Å². The second-order valence-electron chi connectivity index (χ2n) is 4.28. The Kier molecular flexibility index (Phi) is 4.50. The summed E-state index contributed by atoms with van der Waals surface area (Å²) in [5, 5.41) is 5.50. The number of hydrogen-bond donors (Lipinski definition) is 2. The molecule has 1 fully saturated rings. The fourth-order valence-electron chi connectivity index (χ4n) is 1.07. The van der Waals surface area contributed by atoms with Crippen LogP contribution in [0.3, 0.4) is 0 Å². The van der Waals surface area contributed by atoms with Crippen molar-refractivity contribution in [1.82, 2.24) is 10.6 Å². The Balaban J connectivity index is 1.97. The van der Waals surface area contributed by atoms with Crippen molar-refractivity contribution in [2.24, 2.45) is 11.8 Å². The molecule has 0 heterocycles. The minimum Gasteiger partial charge on any atom is -0.338 e. The highest BCUT2D eigenvalue weighted by molar-refractivity contribution is 5.74. The van der Waals surface area contributed by atoms with Crippen molar-refractivity contribution in [1.29, 1.82) is 0 Å². The molecule has 3 heteroatoms. The van der Waals surface area contributed by atoms with Crippen molar-refractivity contribution >= 4 is 6.03 Å². The monoisotopic (exact) mass is 196 g/mol. The standard InChI is InChI=1S/C11H20N2O/c1-9(2)5-7-12-11(14)13-8-6-10-3-4-10/h6,8-10H,3-5,7H2,1-2H3,(H2,12,13,14)/b8-6+. The molecule has 0 aromatic heterocycles. The predicted molar refractivity (Wildman–Crippen MR) is 57.9 cm³/mol. The van der Waals surface area contributed by atoms with Crippen LogP contribution < -0.4 is 10.6 Å². The zero-order valence-electron chi connectivity index (χ0n) is 9.05. The Bertz CT molecular complexity index is 207. The first-order chi connectivity index (χ1) is 6.68. The van der Waals surface area contributed by atoms with Crippen molar-refractivity contribution in [2.45, 2.75) is 33.1 Å². The molecule has 0 bridgehead atoms. The van der Waals surface area contributed by atoms with Crippen molar-refractivity contribution in [3.63, 3.8) is 0 Å². The maximum atomic E-state index is 11.2. The van der Waals surface area contributed by atoms with Gasteiger partial charge in [-0.1, -0.05) is 19.9 Å². The average Bonchev–Trinajstić information content (AvgIpc) is 2.87. The number of hydrogen-bond acceptors (Lipinski definition) is 1.